The van der Waals surface area contributed by atoms with Gasteiger partial charge in [-0.2, -0.15) is 0 Å². The maximum absolute atomic E-state index is 6.21. The van der Waals surface area contributed by atoms with Crippen molar-refractivity contribution in [1.29, 1.82) is 0 Å². The van der Waals surface area contributed by atoms with Crippen LogP contribution in [0.4, 0.5) is 0 Å². The Labute approximate surface area is 117 Å². The van der Waals surface area contributed by atoms with Crippen LogP contribution in [0.1, 0.15) is 57.1 Å². The van der Waals surface area contributed by atoms with Crippen LogP contribution in [-0.2, 0) is 0 Å². The van der Waals surface area contributed by atoms with E-state index >= 15 is 0 Å². The predicted octanol–water partition coefficient (Wildman–Crippen LogP) is 3.64. The Bertz CT molecular complexity index is 355. The highest BCUT2D eigenvalue weighted by Crippen LogP contribution is 2.34. The maximum atomic E-state index is 6.21. The summed E-state index contributed by atoms with van der Waals surface area (Å²) in [4.78, 5) is 0. The molecule has 1 aliphatic carbocycles. The Hall–Kier alpha value is -0.860. The van der Waals surface area contributed by atoms with Gasteiger partial charge in [-0.25, -0.2) is 0 Å². The lowest BCUT2D eigenvalue weighted by Gasteiger charge is -2.34. The van der Waals surface area contributed by atoms with Gasteiger partial charge in [-0.3, -0.25) is 0 Å². The fourth-order valence-electron chi connectivity index (χ4n) is 3.10. The maximum Gasteiger partial charge on any atom is 0.0306 e. The number of benzene rings is 1. The van der Waals surface area contributed by atoms with E-state index in [1.54, 1.807) is 0 Å². The zero-order valence-electron chi connectivity index (χ0n) is 12.2. The first kappa shape index (κ1) is 14.5. The van der Waals surface area contributed by atoms with Crippen LogP contribution in [0.15, 0.2) is 30.3 Å². The molecule has 0 amide bonds. The van der Waals surface area contributed by atoms with Crippen molar-refractivity contribution < 1.29 is 0 Å². The van der Waals surface area contributed by atoms with E-state index in [0.717, 1.165) is 19.5 Å². The quantitative estimate of drug-likeness (QED) is 0.766. The zero-order valence-corrected chi connectivity index (χ0v) is 12.2. The van der Waals surface area contributed by atoms with E-state index in [0.29, 0.717) is 5.41 Å². The highest BCUT2D eigenvalue weighted by Gasteiger charge is 2.25. The molecule has 0 spiro atoms. The van der Waals surface area contributed by atoms with Crippen molar-refractivity contribution in [2.45, 2.75) is 51.5 Å². The molecule has 1 atom stereocenters. The van der Waals surface area contributed by atoms with Crippen LogP contribution in [0.5, 0.6) is 0 Å². The molecule has 0 heterocycles. The molecule has 3 N–H and O–H groups in total. The van der Waals surface area contributed by atoms with E-state index < -0.39 is 0 Å². The number of hydrogen-bond acceptors (Lipinski definition) is 2. The molecule has 0 aromatic heterocycles. The molecule has 1 aliphatic rings. The minimum atomic E-state index is 0.160. The zero-order chi connectivity index (χ0) is 13.6. The van der Waals surface area contributed by atoms with Gasteiger partial charge in [0.15, 0.2) is 0 Å². The van der Waals surface area contributed by atoms with E-state index in [1.807, 2.05) is 6.07 Å². The van der Waals surface area contributed by atoms with Crippen molar-refractivity contribution in [3.8, 4) is 0 Å². The van der Waals surface area contributed by atoms with Gasteiger partial charge < -0.3 is 11.1 Å². The fourth-order valence-corrected chi connectivity index (χ4v) is 3.10. The SMILES string of the molecule is CC1(CNCCC(N)c2ccccc2)CCCCC1. The first-order valence-corrected chi connectivity index (χ1v) is 7.71. The van der Waals surface area contributed by atoms with E-state index in [9.17, 15) is 0 Å². The minimum absolute atomic E-state index is 0.160. The van der Waals surface area contributed by atoms with Gasteiger partial charge in [0.2, 0.25) is 0 Å². The first-order valence-electron chi connectivity index (χ1n) is 7.71. The van der Waals surface area contributed by atoms with Gasteiger partial charge in [-0.05, 0) is 36.8 Å². The topological polar surface area (TPSA) is 38.0 Å². The summed E-state index contributed by atoms with van der Waals surface area (Å²) in [7, 11) is 0. The monoisotopic (exact) mass is 260 g/mol. The van der Waals surface area contributed by atoms with Crippen molar-refractivity contribution in [1.82, 2.24) is 5.32 Å². The molecule has 2 rings (SSSR count). The molecular weight excluding hydrogens is 232 g/mol. The first-order chi connectivity index (χ1) is 9.20. The fraction of sp³-hybridized carbons (Fsp3) is 0.647. The molecule has 1 unspecified atom stereocenters. The second-order valence-corrected chi connectivity index (χ2v) is 6.35. The normalized spacial score (nSPS) is 20.1. The van der Waals surface area contributed by atoms with E-state index in [4.69, 9.17) is 5.73 Å². The van der Waals surface area contributed by atoms with Crippen LogP contribution in [-0.4, -0.2) is 13.1 Å². The third kappa shape index (κ3) is 4.63. The van der Waals surface area contributed by atoms with Crippen molar-refractivity contribution >= 4 is 0 Å². The van der Waals surface area contributed by atoms with E-state index in [2.05, 4.69) is 36.5 Å². The Morgan fingerprint density at radius 3 is 2.53 bits per heavy atom. The standard InChI is InChI=1S/C17H28N2/c1-17(11-6-3-7-12-17)14-19-13-10-16(18)15-8-4-2-5-9-15/h2,4-5,8-9,16,19H,3,6-7,10-14,18H2,1H3. The van der Waals surface area contributed by atoms with Crippen LogP contribution < -0.4 is 11.1 Å². The molecule has 19 heavy (non-hydrogen) atoms. The molecule has 0 bridgehead atoms. The van der Waals surface area contributed by atoms with Gasteiger partial charge in [-0.15, -0.1) is 0 Å². The molecular formula is C17H28N2. The second-order valence-electron chi connectivity index (χ2n) is 6.35. The summed E-state index contributed by atoms with van der Waals surface area (Å²) in [6.45, 7) is 4.59. The summed E-state index contributed by atoms with van der Waals surface area (Å²) in [5.41, 5.74) is 7.97. The molecule has 0 radical (unpaired) electrons. The third-order valence-electron chi connectivity index (χ3n) is 4.47. The number of hydrogen-bond donors (Lipinski definition) is 2. The van der Waals surface area contributed by atoms with Crippen LogP contribution in [0, 0.1) is 5.41 Å². The lowest BCUT2D eigenvalue weighted by molar-refractivity contribution is 0.207. The largest absolute Gasteiger partial charge is 0.324 e. The minimum Gasteiger partial charge on any atom is -0.324 e. The number of nitrogens with two attached hydrogens (primary N) is 1. The van der Waals surface area contributed by atoms with E-state index in [-0.39, 0.29) is 6.04 Å². The van der Waals surface area contributed by atoms with Crippen molar-refractivity contribution in [2.75, 3.05) is 13.1 Å². The summed E-state index contributed by atoms with van der Waals surface area (Å²) in [6.07, 6.45) is 8.01. The number of nitrogens with one attached hydrogen (secondary N) is 1. The predicted molar refractivity (Wildman–Crippen MR) is 82.0 cm³/mol. The second kappa shape index (κ2) is 7.06. The van der Waals surface area contributed by atoms with Crippen LogP contribution in [0.3, 0.4) is 0 Å². The highest BCUT2D eigenvalue weighted by atomic mass is 14.9. The Balaban J connectivity index is 1.66. The summed E-state index contributed by atoms with van der Waals surface area (Å²) in [5.74, 6) is 0. The molecule has 2 heteroatoms. The van der Waals surface area contributed by atoms with Gasteiger partial charge in [0.1, 0.15) is 0 Å². The molecule has 2 nitrogen and oxygen atoms in total. The van der Waals surface area contributed by atoms with Crippen molar-refractivity contribution in [3.05, 3.63) is 35.9 Å². The number of rotatable bonds is 6. The van der Waals surface area contributed by atoms with Crippen molar-refractivity contribution in [3.63, 3.8) is 0 Å². The summed E-state index contributed by atoms with van der Waals surface area (Å²) < 4.78 is 0. The Morgan fingerprint density at radius 1 is 1.16 bits per heavy atom. The Morgan fingerprint density at radius 2 is 1.84 bits per heavy atom. The lowest BCUT2D eigenvalue weighted by Crippen LogP contribution is -2.34. The molecule has 106 valence electrons. The van der Waals surface area contributed by atoms with Gasteiger partial charge in [-0.1, -0.05) is 56.5 Å². The average molecular weight is 260 g/mol. The lowest BCUT2D eigenvalue weighted by atomic mass is 9.76. The van der Waals surface area contributed by atoms with E-state index in [1.165, 1.54) is 37.7 Å². The molecule has 1 aromatic carbocycles. The molecule has 1 saturated carbocycles. The van der Waals surface area contributed by atoms with Crippen LogP contribution in [0.2, 0.25) is 0 Å². The smallest absolute Gasteiger partial charge is 0.0306 e. The molecule has 0 saturated heterocycles. The Kier molecular flexibility index (Phi) is 5.41. The van der Waals surface area contributed by atoms with Crippen LogP contribution in [0.25, 0.3) is 0 Å². The summed E-state index contributed by atoms with van der Waals surface area (Å²) >= 11 is 0. The molecule has 1 aromatic rings. The van der Waals surface area contributed by atoms with Gasteiger partial charge in [0.05, 0.1) is 0 Å². The summed E-state index contributed by atoms with van der Waals surface area (Å²) in [5, 5.41) is 3.62. The molecule has 0 aliphatic heterocycles. The van der Waals surface area contributed by atoms with Crippen LogP contribution >= 0.6 is 0 Å². The highest BCUT2D eigenvalue weighted by molar-refractivity contribution is 5.18. The van der Waals surface area contributed by atoms with Crippen molar-refractivity contribution in [2.24, 2.45) is 11.1 Å². The van der Waals surface area contributed by atoms with Gasteiger partial charge in [0, 0.05) is 12.6 Å². The summed E-state index contributed by atoms with van der Waals surface area (Å²) in [6, 6.07) is 10.6. The van der Waals surface area contributed by atoms with Gasteiger partial charge >= 0.3 is 0 Å². The molecule has 1 fully saturated rings. The van der Waals surface area contributed by atoms with Gasteiger partial charge in [0.25, 0.3) is 0 Å². The third-order valence-corrected chi connectivity index (χ3v) is 4.47. The average Bonchev–Trinajstić information content (AvgIpc) is 2.45.